The van der Waals surface area contributed by atoms with E-state index in [0.717, 1.165) is 11.1 Å². The van der Waals surface area contributed by atoms with E-state index < -0.39 is 16.7 Å². The summed E-state index contributed by atoms with van der Waals surface area (Å²) >= 11 is 18.5. The summed E-state index contributed by atoms with van der Waals surface area (Å²) in [5.41, 5.74) is 0.601. The molecule has 3 aromatic carbocycles. The lowest BCUT2D eigenvalue weighted by molar-refractivity contribution is -0.384. The Morgan fingerprint density at radius 1 is 1.00 bits per heavy atom. The SMILES string of the molecule is O=C(NC1=NN(c2c(Cl)cc(Cl)cc2Cl)C(=O)/C1=C/c1ccccc1)c1cccc([N+](=O)[O-])c1. The normalized spacial score (nSPS) is 14.3. The second-order valence-electron chi connectivity index (χ2n) is 7.01. The number of nitro benzene ring substituents is 1. The highest BCUT2D eigenvalue weighted by Gasteiger charge is 2.35. The molecule has 0 saturated carbocycles. The summed E-state index contributed by atoms with van der Waals surface area (Å²) in [5.74, 6) is -1.36. The van der Waals surface area contributed by atoms with E-state index in [1.54, 1.807) is 30.3 Å². The number of non-ortho nitro benzene ring substituents is 1. The molecule has 8 nitrogen and oxygen atoms in total. The van der Waals surface area contributed by atoms with Crippen LogP contribution in [0.25, 0.3) is 6.08 Å². The Hall–Kier alpha value is -3.72. The van der Waals surface area contributed by atoms with Crippen molar-refractivity contribution in [1.29, 1.82) is 0 Å². The Bertz CT molecular complexity index is 1370. The maximum absolute atomic E-state index is 13.3. The summed E-state index contributed by atoms with van der Waals surface area (Å²) in [5, 5.41) is 19.3. The van der Waals surface area contributed by atoms with Crippen LogP contribution < -0.4 is 10.3 Å². The molecule has 0 aliphatic carbocycles. The van der Waals surface area contributed by atoms with Gasteiger partial charge in [-0.1, -0.05) is 71.2 Å². The fourth-order valence-electron chi connectivity index (χ4n) is 3.18. The van der Waals surface area contributed by atoms with E-state index in [4.69, 9.17) is 34.8 Å². The first-order valence-electron chi connectivity index (χ1n) is 9.65. The van der Waals surface area contributed by atoms with Crippen LogP contribution in [0.1, 0.15) is 15.9 Å². The highest BCUT2D eigenvalue weighted by atomic mass is 35.5. The van der Waals surface area contributed by atoms with Crippen molar-refractivity contribution >= 4 is 69.9 Å². The molecular weight excluding hydrogens is 503 g/mol. The molecular formula is C23H13Cl3N4O4. The summed E-state index contributed by atoms with van der Waals surface area (Å²) in [4.78, 5) is 36.6. The molecule has 0 fully saturated rings. The fraction of sp³-hybridized carbons (Fsp3) is 0. The molecule has 1 aliphatic heterocycles. The van der Waals surface area contributed by atoms with Gasteiger partial charge in [-0.05, 0) is 29.8 Å². The standard InChI is InChI=1S/C23H13Cl3N4O4/c24-15-11-18(25)20(19(26)12-15)29-23(32)17(9-13-5-2-1-3-6-13)21(28-29)27-22(31)14-7-4-8-16(10-14)30(33)34/h1-12H,(H,27,28,31)/b17-9+. The summed E-state index contributed by atoms with van der Waals surface area (Å²) in [6, 6.07) is 16.9. The van der Waals surface area contributed by atoms with Crippen molar-refractivity contribution in [3.8, 4) is 0 Å². The molecule has 0 saturated heterocycles. The number of nitrogens with one attached hydrogen (secondary N) is 1. The van der Waals surface area contributed by atoms with Crippen LogP contribution in [0.3, 0.4) is 0 Å². The lowest BCUT2D eigenvalue weighted by atomic mass is 10.1. The molecule has 3 aromatic rings. The molecule has 4 rings (SSSR count). The molecule has 34 heavy (non-hydrogen) atoms. The van der Waals surface area contributed by atoms with Crippen LogP contribution in [-0.4, -0.2) is 22.6 Å². The molecule has 2 amide bonds. The van der Waals surface area contributed by atoms with Crippen molar-refractivity contribution in [3.63, 3.8) is 0 Å². The maximum atomic E-state index is 13.3. The number of rotatable bonds is 4. The van der Waals surface area contributed by atoms with Gasteiger partial charge in [-0.15, -0.1) is 5.10 Å². The van der Waals surface area contributed by atoms with Gasteiger partial charge in [0.15, 0.2) is 5.84 Å². The van der Waals surface area contributed by atoms with E-state index in [2.05, 4.69) is 10.4 Å². The van der Waals surface area contributed by atoms with Crippen LogP contribution in [0.4, 0.5) is 11.4 Å². The summed E-state index contributed by atoms with van der Waals surface area (Å²) < 4.78 is 0. The van der Waals surface area contributed by atoms with Gasteiger partial charge in [0.05, 0.1) is 20.5 Å². The van der Waals surface area contributed by atoms with Crippen LogP contribution in [0.2, 0.25) is 15.1 Å². The monoisotopic (exact) mass is 514 g/mol. The van der Waals surface area contributed by atoms with Crippen molar-refractivity contribution in [2.45, 2.75) is 0 Å². The Morgan fingerprint density at radius 3 is 2.32 bits per heavy atom. The van der Waals surface area contributed by atoms with Gasteiger partial charge in [-0.25, -0.2) is 0 Å². The van der Waals surface area contributed by atoms with E-state index in [0.29, 0.717) is 5.56 Å². The van der Waals surface area contributed by atoms with E-state index >= 15 is 0 Å². The van der Waals surface area contributed by atoms with Gasteiger partial charge >= 0.3 is 0 Å². The second-order valence-corrected chi connectivity index (χ2v) is 8.26. The number of halogens is 3. The number of nitrogens with zero attached hydrogens (tertiary/aromatic N) is 3. The minimum absolute atomic E-state index is 0.0180. The second kappa shape index (κ2) is 9.64. The van der Waals surface area contributed by atoms with E-state index in [1.165, 1.54) is 30.3 Å². The fourth-order valence-corrected chi connectivity index (χ4v) is 4.16. The molecule has 170 valence electrons. The third-order valence-electron chi connectivity index (χ3n) is 4.73. The van der Waals surface area contributed by atoms with Crippen molar-refractivity contribution < 1.29 is 14.5 Å². The van der Waals surface area contributed by atoms with Gasteiger partial charge in [0.2, 0.25) is 0 Å². The number of amides is 2. The Balaban J connectivity index is 1.76. The van der Waals surface area contributed by atoms with Gasteiger partial charge in [-0.3, -0.25) is 19.7 Å². The lowest BCUT2D eigenvalue weighted by Gasteiger charge is -2.15. The zero-order valence-corrected chi connectivity index (χ0v) is 19.3. The highest BCUT2D eigenvalue weighted by Crippen LogP contribution is 2.39. The number of anilines is 1. The van der Waals surface area contributed by atoms with Crippen LogP contribution in [0, 0.1) is 10.1 Å². The molecule has 1 heterocycles. The molecule has 0 spiro atoms. The third-order valence-corrected chi connectivity index (χ3v) is 5.53. The number of nitro groups is 1. The van der Waals surface area contributed by atoms with Gasteiger partial charge in [0.1, 0.15) is 5.69 Å². The maximum Gasteiger partial charge on any atom is 0.282 e. The minimum Gasteiger partial charge on any atom is -0.304 e. The topological polar surface area (TPSA) is 105 Å². The summed E-state index contributed by atoms with van der Waals surface area (Å²) in [6.07, 6.45) is 1.55. The largest absolute Gasteiger partial charge is 0.304 e. The van der Waals surface area contributed by atoms with Gasteiger partial charge < -0.3 is 5.32 Å². The number of hydrogen-bond acceptors (Lipinski definition) is 5. The molecule has 0 atom stereocenters. The molecule has 11 heteroatoms. The summed E-state index contributed by atoms with van der Waals surface area (Å²) in [6.45, 7) is 0. The van der Waals surface area contributed by atoms with E-state index in [9.17, 15) is 19.7 Å². The number of carbonyl (C=O) groups is 2. The average Bonchev–Trinajstić information content (AvgIpc) is 3.08. The van der Waals surface area contributed by atoms with Crippen molar-refractivity contribution in [3.05, 3.63) is 109 Å². The first kappa shape index (κ1) is 23.4. The highest BCUT2D eigenvalue weighted by molar-refractivity contribution is 6.44. The predicted molar refractivity (Wildman–Crippen MR) is 131 cm³/mol. The Morgan fingerprint density at radius 2 is 1.68 bits per heavy atom. The van der Waals surface area contributed by atoms with E-state index in [1.807, 2.05) is 6.07 Å². The number of amidine groups is 1. The Kier molecular flexibility index (Phi) is 6.65. The van der Waals surface area contributed by atoms with Gasteiger partial charge in [0.25, 0.3) is 17.5 Å². The van der Waals surface area contributed by atoms with Crippen LogP contribution >= 0.6 is 34.8 Å². The number of hydrazone groups is 1. The molecule has 0 unspecified atom stereocenters. The minimum atomic E-state index is -0.690. The average molecular weight is 516 g/mol. The smallest absolute Gasteiger partial charge is 0.282 e. The molecule has 0 aromatic heterocycles. The predicted octanol–water partition coefficient (Wildman–Crippen LogP) is 5.73. The molecule has 0 radical (unpaired) electrons. The van der Waals surface area contributed by atoms with Gasteiger partial charge in [-0.2, -0.15) is 5.01 Å². The number of hydrogen-bond donors (Lipinski definition) is 1. The Labute approximate surface area is 208 Å². The third kappa shape index (κ3) is 4.79. The molecule has 0 bridgehead atoms. The van der Waals surface area contributed by atoms with Crippen molar-refractivity contribution in [2.24, 2.45) is 5.10 Å². The summed E-state index contributed by atoms with van der Waals surface area (Å²) in [7, 11) is 0. The van der Waals surface area contributed by atoms with Crippen LogP contribution in [0.15, 0.2) is 77.4 Å². The van der Waals surface area contributed by atoms with Crippen LogP contribution in [-0.2, 0) is 4.79 Å². The van der Waals surface area contributed by atoms with Crippen molar-refractivity contribution in [1.82, 2.24) is 5.32 Å². The molecule has 1 aliphatic rings. The zero-order chi connectivity index (χ0) is 24.4. The van der Waals surface area contributed by atoms with Gasteiger partial charge in [0, 0.05) is 22.7 Å². The first-order chi connectivity index (χ1) is 16.2. The lowest BCUT2D eigenvalue weighted by Crippen LogP contribution is -2.31. The van der Waals surface area contributed by atoms with E-state index in [-0.39, 0.29) is 43.4 Å². The number of carbonyl (C=O) groups excluding carboxylic acids is 2. The van der Waals surface area contributed by atoms with Crippen molar-refractivity contribution in [2.75, 3.05) is 5.01 Å². The van der Waals surface area contributed by atoms with Crippen LogP contribution in [0.5, 0.6) is 0 Å². The zero-order valence-electron chi connectivity index (χ0n) is 17.0. The number of benzene rings is 3. The quantitative estimate of drug-likeness (QED) is 0.272. The molecule has 1 N–H and O–H groups in total. The first-order valence-corrected chi connectivity index (χ1v) is 10.8.